The number of amides is 4. The van der Waals surface area contributed by atoms with Gasteiger partial charge in [0, 0.05) is 28.2 Å². The third kappa shape index (κ3) is 9.58. The number of carbonyl (C=O) groups excluding carboxylic acids is 4. The van der Waals surface area contributed by atoms with E-state index in [0.717, 1.165) is 51.3 Å². The van der Waals surface area contributed by atoms with E-state index in [-0.39, 0.29) is 40.6 Å². The highest BCUT2D eigenvalue weighted by Gasteiger charge is 2.32. The monoisotopic (exact) mass is 687 g/mol. The Balaban J connectivity index is 0.00000314. The fourth-order valence-corrected chi connectivity index (χ4v) is 6.84. The summed E-state index contributed by atoms with van der Waals surface area (Å²) in [5.41, 5.74) is 8.38. The van der Waals surface area contributed by atoms with Gasteiger partial charge >= 0.3 is 0 Å². The number of rotatable bonds is 14. The van der Waals surface area contributed by atoms with E-state index in [2.05, 4.69) is 16.0 Å². The number of nitrogens with one attached hydrogen (secondary N) is 3. The lowest BCUT2D eigenvalue weighted by atomic mass is 9.95. The van der Waals surface area contributed by atoms with Crippen molar-refractivity contribution in [3.05, 3.63) is 132 Å². The quantitative estimate of drug-likeness (QED) is 0.133. The zero-order chi connectivity index (χ0) is 35.6. The largest absolute Gasteiger partial charge is 0.368 e. The number of carbonyl (C=O) groups is 4. The van der Waals surface area contributed by atoms with Crippen LogP contribution in [0.5, 0.6) is 0 Å². The van der Waals surface area contributed by atoms with Gasteiger partial charge in [-0.1, -0.05) is 115 Å². The summed E-state index contributed by atoms with van der Waals surface area (Å²) < 4.78 is 0. The second-order valence-electron chi connectivity index (χ2n) is 13.4. The lowest BCUT2D eigenvalue weighted by molar-refractivity contribution is -0.139. The van der Waals surface area contributed by atoms with Crippen molar-refractivity contribution in [2.45, 2.75) is 44.2 Å². The maximum atomic E-state index is 14.4. The number of piperidine rings is 1. The first-order chi connectivity index (χ1) is 24.8. The molecule has 0 aliphatic carbocycles. The average Bonchev–Trinajstić information content (AvgIpc) is 3.16. The van der Waals surface area contributed by atoms with E-state index in [1.807, 2.05) is 115 Å². The van der Waals surface area contributed by atoms with Crippen LogP contribution in [0.4, 0.5) is 0 Å². The van der Waals surface area contributed by atoms with Gasteiger partial charge in [-0.25, -0.2) is 0 Å². The molecule has 5 N–H and O–H groups in total. The highest BCUT2D eigenvalue weighted by atomic mass is 16.2. The lowest BCUT2D eigenvalue weighted by Crippen LogP contribution is -2.57. The van der Waals surface area contributed by atoms with E-state index < -0.39 is 29.8 Å². The molecule has 266 valence electrons. The summed E-state index contributed by atoms with van der Waals surface area (Å²) in [6.45, 7) is 1.42. The van der Waals surface area contributed by atoms with E-state index in [4.69, 9.17) is 5.73 Å². The van der Waals surface area contributed by atoms with Crippen LogP contribution in [0.3, 0.4) is 0 Å². The molecule has 9 heteroatoms. The van der Waals surface area contributed by atoms with Crippen LogP contribution < -0.4 is 21.7 Å². The van der Waals surface area contributed by atoms with Gasteiger partial charge < -0.3 is 26.6 Å². The molecule has 9 nitrogen and oxygen atoms in total. The number of hydrogen-bond acceptors (Lipinski definition) is 5. The predicted octanol–water partition coefficient (Wildman–Crippen LogP) is 4.80. The first-order valence-corrected chi connectivity index (χ1v) is 17.7. The fraction of sp³-hybridized carbons (Fsp3) is 0.286. The highest BCUT2D eigenvalue weighted by Crippen LogP contribution is 2.20. The van der Waals surface area contributed by atoms with Crippen molar-refractivity contribution in [3.8, 4) is 0 Å². The van der Waals surface area contributed by atoms with Crippen molar-refractivity contribution in [2.75, 3.05) is 26.2 Å². The van der Waals surface area contributed by atoms with Gasteiger partial charge in [0.05, 0.1) is 6.54 Å². The van der Waals surface area contributed by atoms with Gasteiger partial charge in [0.1, 0.15) is 12.1 Å². The Morgan fingerprint density at radius 3 is 1.82 bits per heavy atom. The second-order valence-corrected chi connectivity index (χ2v) is 13.4. The lowest BCUT2D eigenvalue weighted by Gasteiger charge is -2.30. The molecular formula is C42H49N5O4. The molecule has 0 spiro atoms. The molecule has 5 aromatic rings. The molecule has 51 heavy (non-hydrogen) atoms. The average molecular weight is 688 g/mol. The Morgan fingerprint density at radius 2 is 1.24 bits per heavy atom. The van der Waals surface area contributed by atoms with Crippen molar-refractivity contribution in [1.82, 2.24) is 20.9 Å². The number of benzene rings is 5. The molecule has 0 saturated carbocycles. The number of primary amides is 1. The maximum Gasteiger partial charge on any atom is 0.245 e. The normalized spacial score (nSPS) is 14.4. The summed E-state index contributed by atoms with van der Waals surface area (Å²) in [5.74, 6) is -1.91. The Morgan fingerprint density at radius 1 is 0.686 bits per heavy atom. The molecule has 1 aliphatic rings. The topological polar surface area (TPSA) is 134 Å². The minimum Gasteiger partial charge on any atom is -0.368 e. The number of nitrogens with zero attached hydrogens (tertiary/aromatic N) is 1. The second kappa shape index (κ2) is 16.9. The molecule has 1 heterocycles. The van der Waals surface area contributed by atoms with Gasteiger partial charge in [-0.3, -0.25) is 19.2 Å². The van der Waals surface area contributed by atoms with Gasteiger partial charge in [-0.15, -0.1) is 0 Å². The summed E-state index contributed by atoms with van der Waals surface area (Å²) >= 11 is 0. The Bertz CT molecular complexity index is 2000. The zero-order valence-electron chi connectivity index (χ0n) is 28.7. The van der Waals surface area contributed by atoms with Crippen LogP contribution >= 0.6 is 0 Å². The smallest absolute Gasteiger partial charge is 0.245 e. The van der Waals surface area contributed by atoms with Crippen LogP contribution in [-0.2, 0) is 38.4 Å². The van der Waals surface area contributed by atoms with Crippen LogP contribution in [0.15, 0.2) is 115 Å². The van der Waals surface area contributed by atoms with Crippen molar-refractivity contribution in [1.29, 1.82) is 0 Å². The Labute approximate surface area is 301 Å². The van der Waals surface area contributed by atoms with E-state index >= 15 is 0 Å². The minimum absolute atomic E-state index is 0. The van der Waals surface area contributed by atoms with Crippen LogP contribution in [0.2, 0.25) is 0 Å². The van der Waals surface area contributed by atoms with E-state index in [0.29, 0.717) is 19.3 Å². The molecule has 5 aromatic carbocycles. The van der Waals surface area contributed by atoms with Gasteiger partial charge in [0.25, 0.3) is 0 Å². The number of nitrogens with two attached hydrogens (primary N) is 1. The van der Waals surface area contributed by atoms with E-state index in [1.54, 1.807) is 0 Å². The molecular weight excluding hydrogens is 638 g/mol. The summed E-state index contributed by atoms with van der Waals surface area (Å²) in [6, 6.07) is 35.6. The molecule has 0 radical (unpaired) electrons. The number of hydrogen-bond donors (Lipinski definition) is 4. The molecule has 1 unspecified atom stereocenters. The third-order valence-electron chi connectivity index (χ3n) is 9.64. The highest BCUT2D eigenvalue weighted by molar-refractivity contribution is 5.94. The van der Waals surface area contributed by atoms with E-state index in [1.165, 1.54) is 4.90 Å². The number of fused-ring (bicyclic) bond motifs is 2. The van der Waals surface area contributed by atoms with Gasteiger partial charge in [-0.05, 0) is 70.6 Å². The van der Waals surface area contributed by atoms with E-state index in [9.17, 15) is 19.2 Å². The fourth-order valence-electron chi connectivity index (χ4n) is 6.84. The summed E-state index contributed by atoms with van der Waals surface area (Å²) in [4.78, 5) is 56.0. The minimum atomic E-state index is -1.02. The standard InChI is InChI=1S/C42H45N5O4.2H2/c43-39(48)28-47(23-20-29-8-2-1-3-9-29)42(51)38(27-31-15-17-33-11-5-7-13-36(33)25-31)46-41(50)37(45-40(49)34-18-21-44-22-19-34)26-30-14-16-32-10-4-6-12-35(32)24-30;;/h1-17,24-25,34,37-38,44H,18-23,26-28H2,(H2,43,48)(H,45,49)(H,46,50);2*1H/t37?,38-;;/m1../s1. The summed E-state index contributed by atoms with van der Waals surface area (Å²) in [5, 5.41) is 13.5. The third-order valence-corrected chi connectivity index (χ3v) is 9.64. The van der Waals surface area contributed by atoms with Crippen molar-refractivity contribution in [2.24, 2.45) is 11.7 Å². The van der Waals surface area contributed by atoms with Crippen molar-refractivity contribution in [3.63, 3.8) is 0 Å². The van der Waals surface area contributed by atoms with Gasteiger partial charge in [-0.2, -0.15) is 0 Å². The van der Waals surface area contributed by atoms with Gasteiger partial charge in [0.15, 0.2) is 0 Å². The maximum absolute atomic E-state index is 14.4. The van der Waals surface area contributed by atoms with Gasteiger partial charge in [0.2, 0.25) is 23.6 Å². The molecule has 0 bridgehead atoms. The van der Waals surface area contributed by atoms with Crippen LogP contribution in [-0.4, -0.2) is 66.8 Å². The predicted molar refractivity (Wildman–Crippen MR) is 205 cm³/mol. The molecule has 1 saturated heterocycles. The summed E-state index contributed by atoms with van der Waals surface area (Å²) in [6.07, 6.45) is 2.29. The molecule has 1 fully saturated rings. The molecule has 0 aromatic heterocycles. The molecule has 4 amide bonds. The Hall–Kier alpha value is -5.54. The molecule has 1 aliphatic heterocycles. The van der Waals surface area contributed by atoms with Crippen LogP contribution in [0, 0.1) is 5.92 Å². The molecule has 2 atom stereocenters. The van der Waals surface area contributed by atoms with Crippen molar-refractivity contribution < 1.29 is 22.0 Å². The molecule has 6 rings (SSSR count). The first-order valence-electron chi connectivity index (χ1n) is 17.7. The zero-order valence-corrected chi connectivity index (χ0v) is 28.7. The van der Waals surface area contributed by atoms with Crippen molar-refractivity contribution >= 4 is 45.2 Å². The van der Waals surface area contributed by atoms with Crippen LogP contribution in [0.25, 0.3) is 21.5 Å². The SMILES string of the molecule is NC(=O)CN(CCc1ccccc1)C(=O)[C@@H](Cc1ccc2ccccc2c1)NC(=O)C(Cc1ccc2ccccc2c1)NC(=O)C1CCNCC1.[HH].[HH]. The van der Waals surface area contributed by atoms with Crippen LogP contribution in [0.1, 0.15) is 32.4 Å². The summed E-state index contributed by atoms with van der Waals surface area (Å²) in [7, 11) is 0. The first kappa shape index (κ1) is 35.3. The Kier molecular flexibility index (Phi) is 11.7.